The van der Waals surface area contributed by atoms with Gasteiger partial charge in [0.2, 0.25) is 0 Å². The lowest BCUT2D eigenvalue weighted by molar-refractivity contribution is -0.126. The van der Waals surface area contributed by atoms with Gasteiger partial charge in [-0.1, -0.05) is 0 Å². The monoisotopic (exact) mass is 255 g/mol. The molecule has 0 saturated carbocycles. The molecule has 0 spiro atoms. The normalized spacial score (nSPS) is 30.5. The first kappa shape index (κ1) is 14.7. The molecule has 0 aromatic rings. The lowest BCUT2D eigenvalue weighted by atomic mass is 10.0. The van der Waals surface area contributed by atoms with E-state index in [0.717, 1.165) is 12.8 Å². The standard InChI is InChI=1S/C11H20F3NO2/c1-8-5-10(6-9(2)17-8)16-4-3-15-7-11(12,13)14/h8-10,15H,3-7H2,1-2H3. The first-order valence-corrected chi connectivity index (χ1v) is 5.91. The van der Waals surface area contributed by atoms with Gasteiger partial charge in [-0.05, 0) is 26.7 Å². The van der Waals surface area contributed by atoms with E-state index in [4.69, 9.17) is 9.47 Å². The molecule has 1 aliphatic heterocycles. The molecule has 2 unspecified atom stereocenters. The second kappa shape index (κ2) is 6.56. The van der Waals surface area contributed by atoms with Gasteiger partial charge in [0.05, 0.1) is 31.5 Å². The summed E-state index contributed by atoms with van der Waals surface area (Å²) >= 11 is 0. The van der Waals surface area contributed by atoms with E-state index >= 15 is 0 Å². The Morgan fingerprint density at radius 2 is 1.82 bits per heavy atom. The molecule has 1 heterocycles. The minimum Gasteiger partial charge on any atom is -0.377 e. The summed E-state index contributed by atoms with van der Waals surface area (Å²) < 4.78 is 46.5. The number of hydrogen-bond acceptors (Lipinski definition) is 3. The fourth-order valence-corrected chi connectivity index (χ4v) is 2.01. The first-order chi connectivity index (χ1) is 7.87. The van der Waals surface area contributed by atoms with Gasteiger partial charge in [0.15, 0.2) is 0 Å². The number of halogens is 3. The van der Waals surface area contributed by atoms with Crippen molar-refractivity contribution < 1.29 is 22.6 Å². The molecular formula is C11H20F3NO2. The summed E-state index contributed by atoms with van der Waals surface area (Å²) in [7, 11) is 0. The Hall–Kier alpha value is -0.330. The third-order valence-corrected chi connectivity index (χ3v) is 2.61. The molecule has 3 nitrogen and oxygen atoms in total. The van der Waals surface area contributed by atoms with Crippen LogP contribution in [0.3, 0.4) is 0 Å². The van der Waals surface area contributed by atoms with Crippen LogP contribution in [-0.4, -0.2) is 44.2 Å². The van der Waals surface area contributed by atoms with Crippen molar-refractivity contribution in [3.05, 3.63) is 0 Å². The summed E-state index contributed by atoms with van der Waals surface area (Å²) in [5.74, 6) is 0. The molecular weight excluding hydrogens is 235 g/mol. The highest BCUT2D eigenvalue weighted by atomic mass is 19.4. The van der Waals surface area contributed by atoms with Gasteiger partial charge in [0.1, 0.15) is 0 Å². The molecule has 6 heteroatoms. The number of hydrogen-bond donors (Lipinski definition) is 1. The molecule has 1 rings (SSSR count). The van der Waals surface area contributed by atoms with E-state index in [1.54, 1.807) is 0 Å². The molecule has 1 aliphatic rings. The van der Waals surface area contributed by atoms with Gasteiger partial charge in [0, 0.05) is 6.54 Å². The Balaban J connectivity index is 2.06. The van der Waals surface area contributed by atoms with Crippen LogP contribution in [0.25, 0.3) is 0 Å². The molecule has 17 heavy (non-hydrogen) atoms. The van der Waals surface area contributed by atoms with Crippen LogP contribution in [-0.2, 0) is 9.47 Å². The summed E-state index contributed by atoms with van der Waals surface area (Å²) in [5, 5.41) is 2.31. The summed E-state index contributed by atoms with van der Waals surface area (Å²) in [6.07, 6.45) is -2.12. The van der Waals surface area contributed by atoms with Crippen LogP contribution in [0.5, 0.6) is 0 Å². The molecule has 0 aromatic heterocycles. The molecule has 2 atom stereocenters. The molecule has 102 valence electrons. The van der Waals surface area contributed by atoms with E-state index in [-0.39, 0.29) is 24.9 Å². The first-order valence-electron chi connectivity index (χ1n) is 5.91. The van der Waals surface area contributed by atoms with Crippen molar-refractivity contribution in [1.82, 2.24) is 5.32 Å². The van der Waals surface area contributed by atoms with Gasteiger partial charge in [-0.25, -0.2) is 0 Å². The Labute approximate surface area is 99.7 Å². The molecule has 1 N–H and O–H groups in total. The van der Waals surface area contributed by atoms with E-state index < -0.39 is 12.7 Å². The van der Waals surface area contributed by atoms with Crippen molar-refractivity contribution in [2.45, 2.75) is 51.2 Å². The Kier molecular flexibility index (Phi) is 5.69. The summed E-state index contributed by atoms with van der Waals surface area (Å²) in [4.78, 5) is 0. The zero-order valence-corrected chi connectivity index (χ0v) is 10.2. The van der Waals surface area contributed by atoms with Gasteiger partial charge in [-0.3, -0.25) is 0 Å². The van der Waals surface area contributed by atoms with E-state index in [9.17, 15) is 13.2 Å². The van der Waals surface area contributed by atoms with Crippen LogP contribution in [0.2, 0.25) is 0 Å². The topological polar surface area (TPSA) is 30.5 Å². The van der Waals surface area contributed by atoms with E-state index in [1.807, 2.05) is 13.8 Å². The lowest BCUT2D eigenvalue weighted by Crippen LogP contribution is -2.36. The van der Waals surface area contributed by atoms with E-state index in [2.05, 4.69) is 5.32 Å². The van der Waals surface area contributed by atoms with Crippen molar-refractivity contribution in [3.8, 4) is 0 Å². The van der Waals surface area contributed by atoms with Crippen LogP contribution in [0, 0.1) is 0 Å². The third-order valence-electron chi connectivity index (χ3n) is 2.61. The average molecular weight is 255 g/mol. The predicted molar refractivity (Wildman–Crippen MR) is 57.9 cm³/mol. The maximum Gasteiger partial charge on any atom is 0.401 e. The van der Waals surface area contributed by atoms with Gasteiger partial charge in [-0.2, -0.15) is 13.2 Å². The molecule has 1 fully saturated rings. The van der Waals surface area contributed by atoms with Gasteiger partial charge in [-0.15, -0.1) is 0 Å². The zero-order valence-electron chi connectivity index (χ0n) is 10.2. The maximum absolute atomic E-state index is 11.8. The predicted octanol–water partition coefficient (Wildman–Crippen LogP) is 2.11. The SMILES string of the molecule is CC1CC(OCCNCC(F)(F)F)CC(C)O1. The highest BCUT2D eigenvalue weighted by Gasteiger charge is 2.27. The van der Waals surface area contributed by atoms with E-state index in [0.29, 0.717) is 6.61 Å². The van der Waals surface area contributed by atoms with Crippen molar-refractivity contribution in [2.75, 3.05) is 19.7 Å². The smallest absolute Gasteiger partial charge is 0.377 e. The lowest BCUT2D eigenvalue weighted by Gasteiger charge is -2.32. The van der Waals surface area contributed by atoms with E-state index in [1.165, 1.54) is 0 Å². The summed E-state index contributed by atoms with van der Waals surface area (Å²) in [5.41, 5.74) is 0. The molecule has 1 saturated heterocycles. The highest BCUT2D eigenvalue weighted by Crippen LogP contribution is 2.21. The number of rotatable bonds is 5. The average Bonchev–Trinajstić information content (AvgIpc) is 2.13. The maximum atomic E-state index is 11.8. The number of ether oxygens (including phenoxy) is 2. The third kappa shape index (κ3) is 6.85. The van der Waals surface area contributed by atoms with Crippen molar-refractivity contribution in [1.29, 1.82) is 0 Å². The van der Waals surface area contributed by atoms with Crippen LogP contribution < -0.4 is 5.32 Å². The quantitative estimate of drug-likeness (QED) is 0.763. The Bertz CT molecular complexity index is 213. The molecule has 0 aliphatic carbocycles. The van der Waals surface area contributed by atoms with Crippen molar-refractivity contribution >= 4 is 0 Å². The number of nitrogens with one attached hydrogen (secondary N) is 1. The Morgan fingerprint density at radius 3 is 2.35 bits per heavy atom. The van der Waals surface area contributed by atoms with Gasteiger partial charge < -0.3 is 14.8 Å². The fourth-order valence-electron chi connectivity index (χ4n) is 2.01. The fraction of sp³-hybridized carbons (Fsp3) is 1.00. The molecule has 0 amide bonds. The molecule has 0 aromatic carbocycles. The van der Waals surface area contributed by atoms with Crippen molar-refractivity contribution in [2.24, 2.45) is 0 Å². The van der Waals surface area contributed by atoms with Gasteiger partial charge >= 0.3 is 6.18 Å². The molecule has 0 radical (unpaired) electrons. The minimum atomic E-state index is -4.15. The summed E-state index contributed by atoms with van der Waals surface area (Å²) in [6, 6.07) is 0. The summed E-state index contributed by atoms with van der Waals surface area (Å²) in [6.45, 7) is 3.53. The minimum absolute atomic E-state index is 0.0986. The highest BCUT2D eigenvalue weighted by molar-refractivity contribution is 4.73. The largest absolute Gasteiger partial charge is 0.401 e. The second-order valence-corrected chi connectivity index (χ2v) is 4.51. The second-order valence-electron chi connectivity index (χ2n) is 4.51. The Morgan fingerprint density at radius 1 is 1.24 bits per heavy atom. The van der Waals surface area contributed by atoms with Crippen LogP contribution in [0.4, 0.5) is 13.2 Å². The van der Waals surface area contributed by atoms with Crippen molar-refractivity contribution in [3.63, 3.8) is 0 Å². The zero-order chi connectivity index (χ0) is 12.9. The van der Waals surface area contributed by atoms with Crippen LogP contribution in [0.1, 0.15) is 26.7 Å². The van der Waals surface area contributed by atoms with Crippen LogP contribution in [0.15, 0.2) is 0 Å². The van der Waals surface area contributed by atoms with Gasteiger partial charge in [0.25, 0.3) is 0 Å². The number of alkyl halides is 3. The van der Waals surface area contributed by atoms with Crippen LogP contribution >= 0.6 is 0 Å². The molecule has 0 bridgehead atoms.